The lowest BCUT2D eigenvalue weighted by atomic mass is 10.1. The van der Waals surface area contributed by atoms with Crippen LogP contribution in [0.1, 0.15) is 22.5 Å². The zero-order valence-corrected chi connectivity index (χ0v) is 26.8. The summed E-state index contributed by atoms with van der Waals surface area (Å²) in [6, 6.07) is 5.26. The van der Waals surface area contributed by atoms with E-state index in [4.69, 9.17) is 41.4 Å². The van der Waals surface area contributed by atoms with Crippen molar-refractivity contribution in [3.05, 3.63) is 56.4 Å². The molecule has 0 aliphatic carbocycles. The lowest BCUT2D eigenvalue weighted by Crippen LogP contribution is -2.52. The van der Waals surface area contributed by atoms with Gasteiger partial charge in [-0.2, -0.15) is 0 Å². The number of benzene rings is 1. The van der Waals surface area contributed by atoms with Gasteiger partial charge < -0.3 is 40.4 Å². The molecule has 1 saturated heterocycles. The number of nitrogens with zero attached hydrogens (tertiary/aromatic N) is 6. The van der Waals surface area contributed by atoms with Gasteiger partial charge in [-0.05, 0) is 48.1 Å². The molecule has 1 fully saturated rings. The number of aromatic nitrogens is 4. The predicted octanol–water partition coefficient (Wildman–Crippen LogP) is 3.14. The van der Waals surface area contributed by atoms with Crippen molar-refractivity contribution in [1.29, 1.82) is 5.41 Å². The number of hydrogen-bond acceptors (Lipinski definition) is 12. The van der Waals surface area contributed by atoms with Gasteiger partial charge in [0, 0.05) is 69.4 Å². The van der Waals surface area contributed by atoms with Gasteiger partial charge in [-0.3, -0.25) is 0 Å². The monoisotopic (exact) mass is 671 g/mol. The molecule has 3 aromatic rings. The van der Waals surface area contributed by atoms with Crippen LogP contribution in [0.2, 0.25) is 5.02 Å². The van der Waals surface area contributed by atoms with Crippen LogP contribution < -0.4 is 25.2 Å². The van der Waals surface area contributed by atoms with E-state index in [-0.39, 0.29) is 12.7 Å². The van der Waals surface area contributed by atoms with Crippen LogP contribution in [0.15, 0.2) is 28.9 Å². The lowest BCUT2D eigenvalue weighted by molar-refractivity contribution is 0.0778. The summed E-state index contributed by atoms with van der Waals surface area (Å²) in [4.78, 5) is 23.7. The van der Waals surface area contributed by atoms with Crippen LogP contribution in [-0.2, 0) is 17.8 Å². The molecule has 4 heterocycles. The number of fused-ring (bicyclic) bond motifs is 1. The van der Waals surface area contributed by atoms with Gasteiger partial charge in [0.2, 0.25) is 5.95 Å². The Hall–Kier alpha value is -3.36. The van der Waals surface area contributed by atoms with Crippen LogP contribution in [0.4, 0.5) is 11.8 Å². The Labute approximate surface area is 264 Å². The summed E-state index contributed by atoms with van der Waals surface area (Å²) in [7, 11) is 5.27. The number of allylic oxidation sites excluding steroid dienone is 1. The highest BCUT2D eigenvalue weighted by atomic mass is 79.9. The molecule has 228 valence electrons. The number of aliphatic hydroxyl groups excluding tert-OH is 1. The summed E-state index contributed by atoms with van der Waals surface area (Å²) < 4.78 is 11.8. The van der Waals surface area contributed by atoms with Gasteiger partial charge in [0.15, 0.2) is 5.82 Å². The number of aliphatic hydroxyl groups is 1. The van der Waals surface area contributed by atoms with Crippen molar-refractivity contribution >= 4 is 51.2 Å². The van der Waals surface area contributed by atoms with Gasteiger partial charge in [0.05, 0.1) is 39.2 Å². The molecule has 2 aliphatic rings. The first-order chi connectivity index (χ1) is 20.8. The van der Waals surface area contributed by atoms with Crippen molar-refractivity contribution < 1.29 is 14.6 Å². The third kappa shape index (κ3) is 6.60. The smallest absolute Gasteiger partial charge is 0.225 e. The number of methoxy groups -OCH3 is 1. The molecular formula is C29H35BrClN9O3. The molecule has 1 aromatic carbocycles. The molecule has 4 N–H and O–H groups in total. The molecule has 0 bridgehead atoms. The van der Waals surface area contributed by atoms with E-state index < -0.39 is 6.10 Å². The maximum atomic E-state index is 10.1. The number of halogens is 2. The van der Waals surface area contributed by atoms with Crippen LogP contribution in [0.3, 0.4) is 0 Å². The summed E-state index contributed by atoms with van der Waals surface area (Å²) in [5, 5.41) is 24.5. The highest BCUT2D eigenvalue weighted by Crippen LogP contribution is 2.37. The van der Waals surface area contributed by atoms with Crippen molar-refractivity contribution in [2.24, 2.45) is 0 Å². The molecule has 0 amide bonds. The highest BCUT2D eigenvalue weighted by Gasteiger charge is 2.31. The Morgan fingerprint density at radius 2 is 2.02 bits per heavy atom. The fraction of sp³-hybridized carbons (Fsp3) is 0.414. The van der Waals surface area contributed by atoms with E-state index in [0.29, 0.717) is 69.4 Å². The van der Waals surface area contributed by atoms with Crippen molar-refractivity contribution in [2.75, 3.05) is 57.2 Å². The van der Waals surface area contributed by atoms with E-state index in [2.05, 4.69) is 41.3 Å². The van der Waals surface area contributed by atoms with Crippen molar-refractivity contribution in [1.82, 2.24) is 30.6 Å². The third-order valence-electron chi connectivity index (χ3n) is 7.44. The summed E-state index contributed by atoms with van der Waals surface area (Å²) >= 11 is 10.2. The fourth-order valence-corrected chi connectivity index (χ4v) is 5.64. The Morgan fingerprint density at radius 1 is 1.23 bits per heavy atom. The van der Waals surface area contributed by atoms with Crippen LogP contribution in [0.25, 0.3) is 17.1 Å². The molecule has 0 unspecified atom stereocenters. The number of nitrogens with one attached hydrogen (secondary N) is 3. The molecule has 43 heavy (non-hydrogen) atoms. The molecule has 14 heteroatoms. The maximum absolute atomic E-state index is 10.1. The molecule has 0 spiro atoms. The number of anilines is 2. The summed E-state index contributed by atoms with van der Waals surface area (Å²) in [6.07, 6.45) is 2.65. The van der Waals surface area contributed by atoms with Gasteiger partial charge >= 0.3 is 0 Å². The minimum atomic E-state index is -0.664. The quantitative estimate of drug-likeness (QED) is 0.211. The molecule has 1 atom stereocenters. The average molecular weight is 673 g/mol. The van der Waals surface area contributed by atoms with Crippen LogP contribution >= 0.6 is 27.5 Å². The van der Waals surface area contributed by atoms with Gasteiger partial charge in [0.1, 0.15) is 24.3 Å². The molecule has 2 aliphatic heterocycles. The van der Waals surface area contributed by atoms with E-state index in [0.717, 1.165) is 29.9 Å². The highest BCUT2D eigenvalue weighted by molar-refractivity contribution is 9.12. The van der Waals surface area contributed by atoms with Gasteiger partial charge in [-0.15, -0.1) is 0 Å². The van der Waals surface area contributed by atoms with Crippen LogP contribution in [-0.4, -0.2) is 90.9 Å². The number of ether oxygens (including phenoxy) is 2. The van der Waals surface area contributed by atoms with Gasteiger partial charge in [-0.25, -0.2) is 19.9 Å². The predicted molar refractivity (Wildman–Crippen MR) is 171 cm³/mol. The second-order valence-electron chi connectivity index (χ2n) is 10.4. The number of likely N-dealkylation sites (N-methyl/N-ethyl adjacent to an activating group) is 1. The Morgan fingerprint density at radius 3 is 2.72 bits per heavy atom. The van der Waals surface area contributed by atoms with E-state index in [1.807, 2.05) is 13.1 Å². The second kappa shape index (κ2) is 13.5. The molecular weight excluding hydrogens is 638 g/mol. The first-order valence-electron chi connectivity index (χ1n) is 13.9. The van der Waals surface area contributed by atoms with E-state index in [1.54, 1.807) is 39.4 Å². The minimum absolute atomic E-state index is 0.116. The van der Waals surface area contributed by atoms with Crippen molar-refractivity contribution in [3.8, 4) is 17.1 Å². The minimum Gasteiger partial charge on any atom is -0.491 e. The Balaban J connectivity index is 1.53. The topological polar surface area (TPSA) is 145 Å². The first-order valence-corrected chi connectivity index (χ1v) is 15.0. The third-order valence-corrected chi connectivity index (χ3v) is 8.40. The maximum Gasteiger partial charge on any atom is 0.225 e. The van der Waals surface area contributed by atoms with Gasteiger partial charge in [0.25, 0.3) is 0 Å². The molecule has 12 nitrogen and oxygen atoms in total. The summed E-state index contributed by atoms with van der Waals surface area (Å²) in [5.41, 5.74) is 4.66. The largest absolute Gasteiger partial charge is 0.491 e. The zero-order valence-electron chi connectivity index (χ0n) is 24.5. The average Bonchev–Trinajstić information content (AvgIpc) is 3.41. The second-order valence-corrected chi connectivity index (χ2v) is 11.6. The van der Waals surface area contributed by atoms with E-state index in [9.17, 15) is 5.11 Å². The fourth-order valence-electron chi connectivity index (χ4n) is 5.05. The normalized spacial score (nSPS) is 16.0. The van der Waals surface area contributed by atoms with Crippen LogP contribution in [0.5, 0.6) is 5.75 Å². The molecule has 0 saturated carbocycles. The Kier molecular flexibility index (Phi) is 9.77. The lowest BCUT2D eigenvalue weighted by Gasteiger charge is -2.38. The Bertz CT molecular complexity index is 1530. The van der Waals surface area contributed by atoms with E-state index in [1.165, 1.54) is 6.21 Å². The first kappa shape index (κ1) is 31.1. The van der Waals surface area contributed by atoms with Crippen LogP contribution in [0, 0.1) is 12.3 Å². The van der Waals surface area contributed by atoms with Crippen molar-refractivity contribution in [3.63, 3.8) is 0 Å². The standard InChI is InChI=1S/C29H35BrClN9O3/c1-16-25(26(34-3)22(30)8-32)37-27(21-7-19(5-6-23(21)31)43-15-18(41)10-33-2)38-28(16)39-11-17-9-35-29(36-24(17)14-39)40-12-20(13-40)42-4/h5-9,18,20,32-34,41H,10-15H2,1-4H3/b26-22+,32-8?/t18-/m1/s1. The van der Waals surface area contributed by atoms with Gasteiger partial charge in [-0.1, -0.05) is 11.6 Å². The SMILES string of the molecule is CNC[C@@H](O)COc1ccc(Cl)c(-c2nc(/C(NC)=C(\Br)C=N)c(C)c(N3Cc4cnc(N5CC(OC)C5)nc4C3)n2)c1. The van der Waals surface area contributed by atoms with Crippen molar-refractivity contribution in [2.45, 2.75) is 32.2 Å². The molecule has 5 rings (SSSR count). The van der Waals surface area contributed by atoms with E-state index >= 15 is 0 Å². The summed E-state index contributed by atoms with van der Waals surface area (Å²) in [5.74, 6) is 2.35. The number of hydrogen-bond donors (Lipinski definition) is 4. The summed E-state index contributed by atoms with van der Waals surface area (Å²) in [6.45, 7) is 5.16. The number of rotatable bonds is 12. The molecule has 0 radical (unpaired) electrons. The zero-order chi connectivity index (χ0) is 30.7. The molecule has 2 aromatic heterocycles.